The Morgan fingerprint density at radius 3 is 2.88 bits per heavy atom. The number of Topliss-reactive ketones (excluding diaryl/α,β-unsaturated/α-hetero) is 1. The van der Waals surface area contributed by atoms with Crippen molar-refractivity contribution in [3.8, 4) is 11.4 Å². The van der Waals surface area contributed by atoms with Crippen molar-refractivity contribution in [3.63, 3.8) is 0 Å². The van der Waals surface area contributed by atoms with Gasteiger partial charge < -0.3 is 4.74 Å². The zero-order chi connectivity index (χ0) is 17.9. The first-order valence-corrected chi connectivity index (χ1v) is 9.37. The second kappa shape index (κ2) is 7.39. The zero-order valence-corrected chi connectivity index (χ0v) is 15.1. The van der Waals surface area contributed by atoms with Gasteiger partial charge >= 0.3 is 5.97 Å². The molecular weight excluding hydrogens is 338 g/mol. The second-order valence-electron chi connectivity index (χ2n) is 6.32. The van der Waals surface area contributed by atoms with Crippen molar-refractivity contribution in [1.29, 1.82) is 0 Å². The molecule has 0 saturated carbocycles. The fourth-order valence-electron chi connectivity index (χ4n) is 3.08. The van der Waals surface area contributed by atoms with Crippen LogP contribution in [0.2, 0.25) is 0 Å². The third kappa shape index (κ3) is 3.76. The Labute approximate surface area is 150 Å². The van der Waals surface area contributed by atoms with Crippen LogP contribution in [0.15, 0.2) is 35.5 Å². The van der Waals surface area contributed by atoms with E-state index in [1.807, 2.05) is 37.3 Å². The van der Waals surface area contributed by atoms with Gasteiger partial charge in [-0.25, -0.2) is 4.98 Å². The number of thioether (sulfide) groups is 1. The average Bonchev–Trinajstić information content (AvgIpc) is 3.19. The number of hydrogen-bond acceptors (Lipinski definition) is 6. The average molecular weight is 359 g/mol. The first kappa shape index (κ1) is 17.7. The number of carbonyl (C=O) groups is 2. The van der Waals surface area contributed by atoms with Crippen LogP contribution in [0, 0.1) is 5.92 Å². The van der Waals surface area contributed by atoms with Crippen LogP contribution < -0.4 is 0 Å². The number of ketones is 1. The van der Waals surface area contributed by atoms with E-state index in [0.29, 0.717) is 17.4 Å². The van der Waals surface area contributed by atoms with E-state index in [1.165, 1.54) is 11.8 Å². The molecule has 1 aromatic heterocycles. The van der Waals surface area contributed by atoms with Gasteiger partial charge in [-0.1, -0.05) is 55.4 Å². The molecule has 1 aliphatic rings. The predicted octanol–water partition coefficient (Wildman–Crippen LogP) is 3.25. The maximum absolute atomic E-state index is 12.7. The van der Waals surface area contributed by atoms with Crippen LogP contribution in [0.4, 0.5) is 0 Å². The minimum Gasteiger partial charge on any atom is -0.451 e. The van der Waals surface area contributed by atoms with Crippen molar-refractivity contribution in [3.05, 3.63) is 30.3 Å². The standard InChI is InChI=1S/C18H21N3O3S/c1-3-7-13-10-15(23)24-18(13,2)14(22)11-25-17-19-16(20-21-17)12-8-5-4-6-9-12/h4-6,8-9,13H,3,7,10-11H2,1-2H3,(H,19,20,21)/t13-,18+/m0/s1. The summed E-state index contributed by atoms with van der Waals surface area (Å²) in [5.74, 6) is 0.412. The molecule has 7 heteroatoms. The number of H-pyrrole nitrogens is 1. The number of nitrogens with one attached hydrogen (secondary N) is 1. The van der Waals surface area contributed by atoms with E-state index < -0.39 is 5.60 Å². The second-order valence-corrected chi connectivity index (χ2v) is 7.26. The zero-order valence-electron chi connectivity index (χ0n) is 14.3. The van der Waals surface area contributed by atoms with Crippen LogP contribution >= 0.6 is 11.8 Å². The number of rotatable bonds is 7. The molecule has 0 bridgehead atoms. The number of nitrogens with zero attached hydrogens (tertiary/aromatic N) is 2. The molecule has 132 valence electrons. The number of benzene rings is 1. The normalized spacial score (nSPS) is 22.8. The lowest BCUT2D eigenvalue weighted by Crippen LogP contribution is -2.42. The van der Waals surface area contributed by atoms with Gasteiger partial charge in [0.25, 0.3) is 0 Å². The van der Waals surface area contributed by atoms with Crippen LogP contribution in [0.5, 0.6) is 0 Å². The number of ether oxygens (including phenoxy) is 1. The van der Waals surface area contributed by atoms with Gasteiger partial charge in [0.05, 0.1) is 12.2 Å². The van der Waals surface area contributed by atoms with Crippen molar-refractivity contribution in [1.82, 2.24) is 15.2 Å². The minimum atomic E-state index is -1.03. The number of hydrogen-bond donors (Lipinski definition) is 1. The fourth-order valence-corrected chi connectivity index (χ4v) is 3.89. The molecule has 1 aliphatic heterocycles. The monoisotopic (exact) mass is 359 g/mol. The molecule has 0 radical (unpaired) electrons. The van der Waals surface area contributed by atoms with E-state index in [-0.39, 0.29) is 23.4 Å². The van der Waals surface area contributed by atoms with Crippen LogP contribution in [0.25, 0.3) is 11.4 Å². The third-order valence-corrected chi connectivity index (χ3v) is 5.40. The van der Waals surface area contributed by atoms with E-state index in [1.54, 1.807) is 6.92 Å². The van der Waals surface area contributed by atoms with Gasteiger partial charge in [0.2, 0.25) is 5.16 Å². The molecule has 2 heterocycles. The molecule has 0 unspecified atom stereocenters. The van der Waals surface area contributed by atoms with Gasteiger partial charge in [0.1, 0.15) is 0 Å². The summed E-state index contributed by atoms with van der Waals surface area (Å²) >= 11 is 1.26. The van der Waals surface area contributed by atoms with Gasteiger partial charge in [-0.3, -0.25) is 14.7 Å². The number of cyclic esters (lactones) is 1. The number of aromatic amines is 1. The highest BCUT2D eigenvalue weighted by molar-refractivity contribution is 7.99. The lowest BCUT2D eigenvalue weighted by molar-refractivity contribution is -0.156. The quantitative estimate of drug-likeness (QED) is 0.603. The highest BCUT2D eigenvalue weighted by atomic mass is 32.2. The number of aromatic nitrogens is 3. The minimum absolute atomic E-state index is 0.0508. The highest BCUT2D eigenvalue weighted by Gasteiger charge is 2.49. The molecule has 1 fully saturated rings. The molecular formula is C18H21N3O3S. The number of esters is 1. The van der Waals surface area contributed by atoms with E-state index in [4.69, 9.17) is 4.74 Å². The van der Waals surface area contributed by atoms with E-state index in [0.717, 1.165) is 18.4 Å². The van der Waals surface area contributed by atoms with Crippen LogP contribution in [0.1, 0.15) is 33.1 Å². The lowest BCUT2D eigenvalue weighted by Gasteiger charge is -2.27. The summed E-state index contributed by atoms with van der Waals surface area (Å²) in [4.78, 5) is 28.8. The molecule has 3 rings (SSSR count). The molecule has 1 aromatic carbocycles. The maximum atomic E-state index is 12.7. The topological polar surface area (TPSA) is 84.9 Å². The first-order chi connectivity index (χ1) is 12.0. The van der Waals surface area contributed by atoms with Gasteiger partial charge in [0.15, 0.2) is 17.2 Å². The Balaban J connectivity index is 1.64. The Morgan fingerprint density at radius 1 is 1.40 bits per heavy atom. The van der Waals surface area contributed by atoms with Crippen LogP contribution in [-0.4, -0.2) is 38.3 Å². The summed E-state index contributed by atoms with van der Waals surface area (Å²) in [6, 6.07) is 9.67. The lowest BCUT2D eigenvalue weighted by atomic mass is 9.83. The van der Waals surface area contributed by atoms with Crippen molar-refractivity contribution < 1.29 is 14.3 Å². The predicted molar refractivity (Wildman–Crippen MR) is 95.1 cm³/mol. The largest absolute Gasteiger partial charge is 0.451 e. The Bertz CT molecular complexity index is 762. The summed E-state index contributed by atoms with van der Waals surface area (Å²) in [6.45, 7) is 3.77. The molecule has 6 nitrogen and oxygen atoms in total. The molecule has 0 aliphatic carbocycles. The summed E-state index contributed by atoms with van der Waals surface area (Å²) in [5.41, 5.74) is -0.0913. The Hall–Kier alpha value is -2.15. The molecule has 2 aromatic rings. The fraction of sp³-hybridized carbons (Fsp3) is 0.444. The van der Waals surface area contributed by atoms with Crippen LogP contribution in [-0.2, 0) is 14.3 Å². The van der Waals surface area contributed by atoms with Gasteiger partial charge in [-0.15, -0.1) is 5.10 Å². The summed E-state index contributed by atoms with van der Waals surface area (Å²) in [7, 11) is 0. The first-order valence-electron chi connectivity index (χ1n) is 8.38. The molecule has 0 spiro atoms. The molecule has 1 N–H and O–H groups in total. The summed E-state index contributed by atoms with van der Waals surface area (Å²) < 4.78 is 5.39. The Morgan fingerprint density at radius 2 is 2.16 bits per heavy atom. The smallest absolute Gasteiger partial charge is 0.307 e. The van der Waals surface area contributed by atoms with E-state index >= 15 is 0 Å². The van der Waals surface area contributed by atoms with Crippen molar-refractivity contribution in [2.45, 2.75) is 43.9 Å². The third-order valence-electron chi connectivity index (χ3n) is 4.55. The van der Waals surface area contributed by atoms with Gasteiger partial charge in [-0.2, -0.15) is 0 Å². The summed E-state index contributed by atoms with van der Waals surface area (Å²) in [5, 5.41) is 7.54. The SMILES string of the molecule is CCC[C@H]1CC(=O)O[C@@]1(C)C(=O)CSc1n[nH]c(-c2ccccc2)n1. The summed E-state index contributed by atoms with van der Waals surface area (Å²) in [6.07, 6.45) is 2.04. The van der Waals surface area contributed by atoms with Crippen molar-refractivity contribution in [2.75, 3.05) is 5.75 Å². The van der Waals surface area contributed by atoms with Crippen LogP contribution in [0.3, 0.4) is 0 Å². The molecule has 25 heavy (non-hydrogen) atoms. The molecule has 2 atom stereocenters. The number of carbonyl (C=O) groups excluding carboxylic acids is 2. The molecule has 1 saturated heterocycles. The van der Waals surface area contributed by atoms with Gasteiger partial charge in [0, 0.05) is 11.5 Å². The van der Waals surface area contributed by atoms with Crippen molar-refractivity contribution >= 4 is 23.5 Å². The van der Waals surface area contributed by atoms with Gasteiger partial charge in [-0.05, 0) is 13.3 Å². The van der Waals surface area contributed by atoms with E-state index in [9.17, 15) is 9.59 Å². The van der Waals surface area contributed by atoms with Crippen molar-refractivity contribution in [2.24, 2.45) is 5.92 Å². The van der Waals surface area contributed by atoms with E-state index in [2.05, 4.69) is 15.2 Å². The highest BCUT2D eigenvalue weighted by Crippen LogP contribution is 2.37. The molecule has 0 amide bonds. The maximum Gasteiger partial charge on any atom is 0.307 e. The Kier molecular flexibility index (Phi) is 5.22.